The highest BCUT2D eigenvalue weighted by Crippen LogP contribution is 2.31. The van der Waals surface area contributed by atoms with Gasteiger partial charge in [0.1, 0.15) is 5.82 Å². The topological polar surface area (TPSA) is 64.9 Å². The Morgan fingerprint density at radius 2 is 1.69 bits per heavy atom. The van der Waals surface area contributed by atoms with E-state index in [-0.39, 0.29) is 29.1 Å². The minimum absolute atomic E-state index is 0.0359. The van der Waals surface area contributed by atoms with Crippen molar-refractivity contribution in [2.75, 3.05) is 11.6 Å². The lowest BCUT2D eigenvalue weighted by molar-refractivity contribution is -0.196. The minimum Gasteiger partial charge on any atom is -0.388 e. The molecule has 0 spiro atoms. The van der Waals surface area contributed by atoms with Crippen molar-refractivity contribution in [1.29, 1.82) is 0 Å². The van der Waals surface area contributed by atoms with Gasteiger partial charge in [0.05, 0.1) is 29.1 Å². The molecular formula is C23H20F7N3O2. The summed E-state index contributed by atoms with van der Waals surface area (Å²) >= 11 is 0. The van der Waals surface area contributed by atoms with Gasteiger partial charge in [0.2, 0.25) is 5.91 Å². The summed E-state index contributed by atoms with van der Waals surface area (Å²) in [6.07, 6.45) is -8.44. The normalized spacial score (nSPS) is 15.9. The Hall–Kier alpha value is -3.41. The molecule has 0 aromatic heterocycles. The maximum Gasteiger partial charge on any atom is 0.416 e. The fourth-order valence-electron chi connectivity index (χ4n) is 3.34. The first-order valence-electron chi connectivity index (χ1n) is 10.2. The van der Waals surface area contributed by atoms with Crippen LogP contribution in [0.5, 0.6) is 0 Å². The first-order valence-corrected chi connectivity index (χ1v) is 10.2. The van der Waals surface area contributed by atoms with E-state index in [0.29, 0.717) is 0 Å². The molecule has 0 saturated carbocycles. The molecular weight excluding hydrogens is 483 g/mol. The number of alkyl halides is 6. The molecule has 0 aliphatic carbocycles. The summed E-state index contributed by atoms with van der Waals surface area (Å²) in [5.74, 6) is -1.83. The van der Waals surface area contributed by atoms with Crippen LogP contribution in [0.25, 0.3) is 0 Å². The number of rotatable bonds is 5. The van der Waals surface area contributed by atoms with E-state index in [2.05, 4.69) is 5.10 Å². The predicted molar refractivity (Wildman–Crippen MR) is 114 cm³/mol. The van der Waals surface area contributed by atoms with E-state index in [1.54, 1.807) is 5.32 Å². The summed E-state index contributed by atoms with van der Waals surface area (Å²) in [4.78, 5) is 12.8. The molecule has 0 radical (unpaired) electrons. The zero-order valence-electron chi connectivity index (χ0n) is 18.4. The molecule has 1 aliphatic rings. The first kappa shape index (κ1) is 26.2. The number of hydrogen-bond donors (Lipinski definition) is 2. The molecule has 0 fully saturated rings. The standard InChI is InChI=1S/C23H20F7N3O2/c1-21(2,35)20(23(28,29)30)31-19(34)14-10-18(13-6-8-15(9-7-13)22(25,26)27)32-33(12-14)17-5-3-4-16(24)11-17/h3-11,20,35H,12H2,1-2H3,(H,31,34). The van der Waals surface area contributed by atoms with Crippen LogP contribution in [-0.2, 0) is 11.0 Å². The van der Waals surface area contributed by atoms with Gasteiger partial charge in [-0.25, -0.2) is 4.39 Å². The highest BCUT2D eigenvalue weighted by Gasteiger charge is 2.49. The van der Waals surface area contributed by atoms with Gasteiger partial charge in [-0.3, -0.25) is 9.80 Å². The summed E-state index contributed by atoms with van der Waals surface area (Å²) in [6.45, 7) is 1.40. The third-order valence-corrected chi connectivity index (χ3v) is 5.07. The zero-order chi connectivity index (χ0) is 26.2. The van der Waals surface area contributed by atoms with Crippen LogP contribution in [-0.4, -0.2) is 41.1 Å². The molecule has 1 aliphatic heterocycles. The number of anilines is 1. The third-order valence-electron chi connectivity index (χ3n) is 5.07. The molecule has 1 amide bonds. The Balaban J connectivity index is 2.01. The fourth-order valence-corrected chi connectivity index (χ4v) is 3.34. The molecule has 2 aromatic carbocycles. The van der Waals surface area contributed by atoms with Crippen LogP contribution in [0.1, 0.15) is 25.0 Å². The van der Waals surface area contributed by atoms with Gasteiger partial charge in [0, 0.05) is 11.1 Å². The molecule has 188 valence electrons. The number of amides is 1. The summed E-state index contributed by atoms with van der Waals surface area (Å²) in [5, 5.41) is 17.1. The van der Waals surface area contributed by atoms with Gasteiger partial charge < -0.3 is 10.4 Å². The summed E-state index contributed by atoms with van der Waals surface area (Å²) in [7, 11) is 0. The van der Waals surface area contributed by atoms with Gasteiger partial charge >= 0.3 is 12.4 Å². The molecule has 35 heavy (non-hydrogen) atoms. The van der Waals surface area contributed by atoms with Crippen LogP contribution >= 0.6 is 0 Å². The van der Waals surface area contributed by atoms with Crippen LogP contribution < -0.4 is 10.3 Å². The minimum atomic E-state index is -4.98. The average Bonchev–Trinajstić information content (AvgIpc) is 2.75. The van der Waals surface area contributed by atoms with E-state index in [4.69, 9.17) is 0 Å². The number of nitrogens with zero attached hydrogens (tertiary/aromatic N) is 2. The highest BCUT2D eigenvalue weighted by atomic mass is 19.4. The zero-order valence-corrected chi connectivity index (χ0v) is 18.4. The number of hydrazone groups is 1. The number of aliphatic hydroxyl groups is 1. The molecule has 0 saturated heterocycles. The summed E-state index contributed by atoms with van der Waals surface area (Å²) in [6, 6.07) is 6.17. The quantitative estimate of drug-likeness (QED) is 0.576. The van der Waals surface area contributed by atoms with Crippen molar-refractivity contribution in [3.63, 3.8) is 0 Å². The van der Waals surface area contributed by atoms with Crippen LogP contribution in [0.2, 0.25) is 0 Å². The molecule has 2 aromatic rings. The highest BCUT2D eigenvalue weighted by molar-refractivity contribution is 6.14. The predicted octanol–water partition coefficient (Wildman–Crippen LogP) is 4.81. The number of nitrogens with one attached hydrogen (secondary N) is 1. The Bertz CT molecular complexity index is 1130. The molecule has 0 bridgehead atoms. The second-order valence-corrected chi connectivity index (χ2v) is 8.37. The molecule has 1 heterocycles. The van der Waals surface area contributed by atoms with Gasteiger partial charge in [-0.05, 0) is 50.3 Å². The Kier molecular flexibility index (Phi) is 6.98. The van der Waals surface area contributed by atoms with E-state index in [1.165, 1.54) is 12.1 Å². The second kappa shape index (κ2) is 9.33. The smallest absolute Gasteiger partial charge is 0.388 e. The first-order chi connectivity index (χ1) is 16.1. The number of carbonyl (C=O) groups excluding carboxylic acids is 1. The third kappa shape index (κ3) is 6.38. The summed E-state index contributed by atoms with van der Waals surface area (Å²) in [5.41, 5.74) is -3.26. The van der Waals surface area contributed by atoms with Gasteiger partial charge in [0.25, 0.3) is 0 Å². The second-order valence-electron chi connectivity index (χ2n) is 8.37. The number of carbonyl (C=O) groups is 1. The molecule has 1 atom stereocenters. The molecule has 12 heteroatoms. The van der Waals surface area contributed by atoms with Crippen molar-refractivity contribution in [1.82, 2.24) is 5.32 Å². The monoisotopic (exact) mass is 503 g/mol. The maximum atomic E-state index is 13.8. The lowest BCUT2D eigenvalue weighted by Gasteiger charge is -2.33. The van der Waals surface area contributed by atoms with Crippen LogP contribution in [0.3, 0.4) is 0 Å². The molecule has 3 rings (SSSR count). The van der Waals surface area contributed by atoms with Crippen LogP contribution in [0.4, 0.5) is 36.4 Å². The maximum absolute atomic E-state index is 13.8. The number of halogens is 7. The molecule has 2 N–H and O–H groups in total. The number of hydrogen-bond acceptors (Lipinski definition) is 4. The van der Waals surface area contributed by atoms with E-state index in [0.717, 1.165) is 61.3 Å². The van der Waals surface area contributed by atoms with E-state index in [9.17, 15) is 40.6 Å². The van der Waals surface area contributed by atoms with Crippen molar-refractivity contribution >= 4 is 17.3 Å². The Labute approximate surface area is 195 Å². The van der Waals surface area contributed by atoms with Crippen molar-refractivity contribution in [2.45, 2.75) is 37.8 Å². The fraction of sp³-hybridized carbons (Fsp3) is 0.304. The molecule has 5 nitrogen and oxygen atoms in total. The average molecular weight is 503 g/mol. The van der Waals surface area contributed by atoms with E-state index < -0.39 is 41.3 Å². The Morgan fingerprint density at radius 3 is 2.20 bits per heavy atom. The van der Waals surface area contributed by atoms with E-state index in [1.807, 2.05) is 0 Å². The largest absolute Gasteiger partial charge is 0.416 e. The van der Waals surface area contributed by atoms with Gasteiger partial charge in [0.15, 0.2) is 6.04 Å². The van der Waals surface area contributed by atoms with Crippen molar-refractivity contribution < 1.29 is 40.6 Å². The van der Waals surface area contributed by atoms with Crippen molar-refractivity contribution in [3.8, 4) is 0 Å². The van der Waals surface area contributed by atoms with E-state index >= 15 is 0 Å². The lowest BCUT2D eigenvalue weighted by Crippen LogP contribution is -2.58. The van der Waals surface area contributed by atoms with Gasteiger partial charge in [-0.2, -0.15) is 31.4 Å². The van der Waals surface area contributed by atoms with Gasteiger partial charge in [-0.1, -0.05) is 18.2 Å². The van der Waals surface area contributed by atoms with Crippen molar-refractivity contribution in [2.24, 2.45) is 5.10 Å². The lowest BCUT2D eigenvalue weighted by atomic mass is 9.97. The number of benzene rings is 2. The Morgan fingerprint density at radius 1 is 1.06 bits per heavy atom. The van der Waals surface area contributed by atoms with Crippen molar-refractivity contribution in [3.05, 3.63) is 77.1 Å². The number of allylic oxidation sites excluding steroid dienone is 1. The van der Waals surface area contributed by atoms with Gasteiger partial charge in [-0.15, -0.1) is 0 Å². The summed E-state index contributed by atoms with van der Waals surface area (Å²) < 4.78 is 92.8. The SMILES string of the molecule is CC(C)(O)C(NC(=O)C1=CC(c2ccc(C(F)(F)F)cc2)=NN(c2cccc(F)c2)C1)C(F)(F)F. The molecule has 1 unspecified atom stereocenters. The van der Waals surface area contributed by atoms with Crippen LogP contribution in [0.15, 0.2) is 65.3 Å². The van der Waals surface area contributed by atoms with Crippen LogP contribution in [0, 0.1) is 5.82 Å².